The fraction of sp³-hybridized carbons (Fsp3) is 0.300. The first-order valence-electron chi connectivity index (χ1n) is 4.45. The largest absolute Gasteiger partial charge is 0.497 e. The van der Waals surface area contributed by atoms with Gasteiger partial charge in [0.2, 0.25) is 0 Å². The molecule has 0 saturated heterocycles. The van der Waals surface area contributed by atoms with Crippen LogP contribution in [-0.2, 0) is 0 Å². The summed E-state index contributed by atoms with van der Waals surface area (Å²) in [6, 6.07) is 7.04. The molecule has 0 aromatic heterocycles. The molecular formula is C10H14N2O3. The average Bonchev–Trinajstić information content (AvgIpc) is 2.29. The molecular weight excluding hydrogens is 196 g/mol. The van der Waals surface area contributed by atoms with Crippen LogP contribution >= 0.6 is 0 Å². The normalized spacial score (nSPS) is 13.3. The minimum atomic E-state index is -0.469. The van der Waals surface area contributed by atoms with E-state index in [4.69, 9.17) is 20.4 Å². The van der Waals surface area contributed by atoms with Crippen LogP contribution in [0.25, 0.3) is 0 Å². The quantitative estimate of drug-likeness (QED) is 0.339. The molecule has 0 fully saturated rings. The van der Waals surface area contributed by atoms with E-state index in [2.05, 4.69) is 5.16 Å². The predicted octanol–water partition coefficient (Wildman–Crippen LogP) is 1.21. The molecule has 1 rings (SSSR count). The van der Waals surface area contributed by atoms with Crippen molar-refractivity contribution in [3.05, 3.63) is 24.3 Å². The van der Waals surface area contributed by atoms with Crippen LogP contribution in [0.15, 0.2) is 29.4 Å². The molecule has 1 unspecified atom stereocenters. The maximum Gasteiger partial charge on any atom is 0.180 e. The topological polar surface area (TPSA) is 77.1 Å². The predicted molar refractivity (Wildman–Crippen MR) is 56.5 cm³/mol. The Hall–Kier alpha value is -1.91. The first-order chi connectivity index (χ1) is 7.17. The van der Waals surface area contributed by atoms with Gasteiger partial charge in [0, 0.05) is 0 Å². The van der Waals surface area contributed by atoms with Crippen molar-refractivity contribution in [2.75, 3.05) is 7.11 Å². The molecule has 0 bridgehead atoms. The second-order valence-corrected chi connectivity index (χ2v) is 2.96. The standard InChI is InChI=1S/C10H14N2O3/c1-7(10(11)12-13)15-9-5-3-8(14-2)4-6-9/h3-7,13H,1-2H3,(H2,11,12). The van der Waals surface area contributed by atoms with Gasteiger partial charge < -0.3 is 20.4 Å². The van der Waals surface area contributed by atoms with Crippen molar-refractivity contribution in [1.82, 2.24) is 0 Å². The monoisotopic (exact) mass is 210 g/mol. The second-order valence-electron chi connectivity index (χ2n) is 2.96. The van der Waals surface area contributed by atoms with Gasteiger partial charge in [0.25, 0.3) is 0 Å². The highest BCUT2D eigenvalue weighted by atomic mass is 16.5. The van der Waals surface area contributed by atoms with Crippen LogP contribution in [0.3, 0.4) is 0 Å². The highest BCUT2D eigenvalue weighted by molar-refractivity contribution is 5.84. The molecule has 0 aliphatic heterocycles. The third-order valence-electron chi connectivity index (χ3n) is 1.90. The van der Waals surface area contributed by atoms with Crippen LogP contribution in [0.2, 0.25) is 0 Å². The fourth-order valence-corrected chi connectivity index (χ4v) is 1.00. The van der Waals surface area contributed by atoms with E-state index in [-0.39, 0.29) is 5.84 Å². The van der Waals surface area contributed by atoms with Crippen LogP contribution in [0.4, 0.5) is 0 Å². The average molecular weight is 210 g/mol. The fourth-order valence-electron chi connectivity index (χ4n) is 1.00. The van der Waals surface area contributed by atoms with Crippen molar-refractivity contribution < 1.29 is 14.7 Å². The first-order valence-corrected chi connectivity index (χ1v) is 4.45. The molecule has 15 heavy (non-hydrogen) atoms. The van der Waals surface area contributed by atoms with Crippen molar-refractivity contribution in [3.63, 3.8) is 0 Å². The zero-order valence-corrected chi connectivity index (χ0v) is 8.68. The maximum atomic E-state index is 8.43. The number of benzene rings is 1. The number of ether oxygens (including phenoxy) is 2. The second kappa shape index (κ2) is 5.09. The minimum Gasteiger partial charge on any atom is -0.497 e. The van der Waals surface area contributed by atoms with Gasteiger partial charge in [0.15, 0.2) is 11.9 Å². The number of oxime groups is 1. The summed E-state index contributed by atoms with van der Waals surface area (Å²) < 4.78 is 10.4. The minimum absolute atomic E-state index is 0.0332. The summed E-state index contributed by atoms with van der Waals surface area (Å²) in [6.07, 6.45) is -0.469. The highest BCUT2D eigenvalue weighted by Gasteiger charge is 2.08. The maximum absolute atomic E-state index is 8.43. The molecule has 0 saturated carbocycles. The molecule has 0 aliphatic rings. The highest BCUT2D eigenvalue weighted by Crippen LogP contribution is 2.17. The summed E-state index contributed by atoms with van der Waals surface area (Å²) in [5.41, 5.74) is 5.37. The van der Waals surface area contributed by atoms with E-state index in [1.165, 1.54) is 0 Å². The number of rotatable bonds is 4. The van der Waals surface area contributed by atoms with Gasteiger partial charge in [0.05, 0.1) is 7.11 Å². The van der Waals surface area contributed by atoms with E-state index < -0.39 is 6.10 Å². The smallest absolute Gasteiger partial charge is 0.180 e. The molecule has 0 aliphatic carbocycles. The SMILES string of the molecule is COc1ccc(OC(C)C(N)=NO)cc1. The Kier molecular flexibility index (Phi) is 3.79. The lowest BCUT2D eigenvalue weighted by atomic mass is 10.3. The molecule has 82 valence electrons. The van der Waals surface area contributed by atoms with Gasteiger partial charge in [-0.15, -0.1) is 0 Å². The number of nitrogens with two attached hydrogens (primary N) is 1. The van der Waals surface area contributed by atoms with Gasteiger partial charge in [-0.25, -0.2) is 0 Å². The lowest BCUT2D eigenvalue weighted by Gasteiger charge is -2.13. The van der Waals surface area contributed by atoms with Crippen molar-refractivity contribution in [1.29, 1.82) is 0 Å². The van der Waals surface area contributed by atoms with E-state index >= 15 is 0 Å². The molecule has 5 heteroatoms. The van der Waals surface area contributed by atoms with E-state index in [1.54, 1.807) is 38.3 Å². The Bertz CT molecular complexity index is 335. The molecule has 0 spiro atoms. The Morgan fingerprint density at radius 3 is 2.33 bits per heavy atom. The first kappa shape index (κ1) is 11.2. The van der Waals surface area contributed by atoms with Gasteiger partial charge in [-0.05, 0) is 31.2 Å². The molecule has 0 radical (unpaired) electrons. The van der Waals surface area contributed by atoms with Crippen molar-refractivity contribution in [3.8, 4) is 11.5 Å². The summed E-state index contributed by atoms with van der Waals surface area (Å²) >= 11 is 0. The number of amidine groups is 1. The number of methoxy groups -OCH3 is 1. The van der Waals surface area contributed by atoms with Gasteiger partial charge in [0.1, 0.15) is 11.5 Å². The molecule has 1 aromatic carbocycles. The third-order valence-corrected chi connectivity index (χ3v) is 1.90. The third kappa shape index (κ3) is 3.05. The van der Waals surface area contributed by atoms with Crippen LogP contribution in [0, 0.1) is 0 Å². The molecule has 0 amide bonds. The van der Waals surface area contributed by atoms with Gasteiger partial charge >= 0.3 is 0 Å². The summed E-state index contributed by atoms with van der Waals surface area (Å²) in [4.78, 5) is 0. The van der Waals surface area contributed by atoms with E-state index in [0.29, 0.717) is 5.75 Å². The number of nitrogens with zero attached hydrogens (tertiary/aromatic N) is 1. The molecule has 1 aromatic rings. The van der Waals surface area contributed by atoms with Crippen molar-refractivity contribution >= 4 is 5.84 Å². The van der Waals surface area contributed by atoms with Crippen molar-refractivity contribution in [2.45, 2.75) is 13.0 Å². The lowest BCUT2D eigenvalue weighted by Crippen LogP contribution is -2.31. The number of hydrogen-bond donors (Lipinski definition) is 2. The van der Waals surface area contributed by atoms with E-state index in [9.17, 15) is 0 Å². The Morgan fingerprint density at radius 2 is 1.87 bits per heavy atom. The van der Waals surface area contributed by atoms with Crippen LogP contribution in [-0.4, -0.2) is 24.3 Å². The Balaban J connectivity index is 2.65. The van der Waals surface area contributed by atoms with Crippen molar-refractivity contribution in [2.24, 2.45) is 10.9 Å². The summed E-state index contributed by atoms with van der Waals surface area (Å²) in [6.45, 7) is 1.69. The molecule has 1 atom stereocenters. The van der Waals surface area contributed by atoms with Gasteiger partial charge in [-0.1, -0.05) is 5.16 Å². The molecule has 5 nitrogen and oxygen atoms in total. The molecule has 3 N–H and O–H groups in total. The summed E-state index contributed by atoms with van der Waals surface area (Å²) in [5.74, 6) is 1.42. The van der Waals surface area contributed by atoms with Crippen LogP contribution in [0.1, 0.15) is 6.92 Å². The Labute approximate surface area is 88.1 Å². The van der Waals surface area contributed by atoms with Gasteiger partial charge in [-0.2, -0.15) is 0 Å². The molecule has 0 heterocycles. The van der Waals surface area contributed by atoms with Crippen LogP contribution < -0.4 is 15.2 Å². The van der Waals surface area contributed by atoms with E-state index in [0.717, 1.165) is 5.75 Å². The lowest BCUT2D eigenvalue weighted by molar-refractivity contribution is 0.265. The summed E-state index contributed by atoms with van der Waals surface area (Å²) in [5, 5.41) is 11.3. The zero-order valence-electron chi connectivity index (χ0n) is 8.68. The van der Waals surface area contributed by atoms with Gasteiger partial charge in [-0.3, -0.25) is 0 Å². The number of hydrogen-bond acceptors (Lipinski definition) is 4. The Morgan fingerprint density at radius 1 is 1.33 bits per heavy atom. The summed E-state index contributed by atoms with van der Waals surface area (Å²) in [7, 11) is 1.59. The zero-order chi connectivity index (χ0) is 11.3. The van der Waals surface area contributed by atoms with E-state index in [1.807, 2.05) is 0 Å². The van der Waals surface area contributed by atoms with Crippen LogP contribution in [0.5, 0.6) is 11.5 Å².